The third-order valence-corrected chi connectivity index (χ3v) is 10.3. The second-order valence-corrected chi connectivity index (χ2v) is 12.8. The highest BCUT2D eigenvalue weighted by atomic mass is 35.5. The maximum atomic E-state index is 13.7. The summed E-state index contributed by atoms with van der Waals surface area (Å²) in [6.45, 7) is 3.01. The Hall–Kier alpha value is -3.17. The summed E-state index contributed by atoms with van der Waals surface area (Å²) >= 11 is 9.10. The van der Waals surface area contributed by atoms with Crippen molar-refractivity contribution in [3.05, 3.63) is 117 Å². The van der Waals surface area contributed by atoms with Gasteiger partial charge in [0, 0.05) is 41.4 Å². The molecule has 1 N–H and O–H groups in total. The minimum atomic E-state index is -1.01. The molecule has 0 spiro atoms. The first-order chi connectivity index (χ1) is 19.9. The minimum absolute atomic E-state index is 0.116. The number of carbonyl (C=O) groups is 2. The molecule has 210 valence electrons. The number of thioether (sulfide) groups is 1. The molecule has 2 unspecified atom stereocenters. The van der Waals surface area contributed by atoms with Crippen LogP contribution in [-0.2, 0) is 26.3 Å². The number of piperidine rings is 1. The molecular weight excluding hydrogens is 579 g/mol. The number of anilines is 1. The number of hydrogen-bond acceptors (Lipinski definition) is 6. The third-order valence-electron chi connectivity index (χ3n) is 7.56. The fourth-order valence-corrected chi connectivity index (χ4v) is 7.64. The van der Waals surface area contributed by atoms with Crippen LogP contribution in [0.5, 0.6) is 0 Å². The lowest BCUT2D eigenvalue weighted by Crippen LogP contribution is -2.58. The first-order valence-electron chi connectivity index (χ1n) is 13.4. The topological polar surface area (TPSA) is 58.6 Å². The fourth-order valence-electron chi connectivity index (χ4n) is 5.40. The van der Waals surface area contributed by atoms with Crippen LogP contribution in [0.2, 0.25) is 5.02 Å². The molecule has 0 saturated carbocycles. The van der Waals surface area contributed by atoms with E-state index in [0.29, 0.717) is 29.6 Å². The summed E-state index contributed by atoms with van der Waals surface area (Å²) in [5.74, 6) is -0.760. The first kappa shape index (κ1) is 28.0. The van der Waals surface area contributed by atoms with Crippen molar-refractivity contribution in [3.63, 3.8) is 0 Å². The van der Waals surface area contributed by atoms with E-state index < -0.39 is 10.8 Å². The average molecular weight is 607 g/mol. The molecule has 2 atom stereocenters. The number of hydrogen-bond donors (Lipinski definition) is 1. The number of carbonyl (C=O) groups excluding carboxylic acids is 2. The Kier molecular flexibility index (Phi) is 8.17. The summed E-state index contributed by atoms with van der Waals surface area (Å²) in [5.41, 5.74) is 2.77. The summed E-state index contributed by atoms with van der Waals surface area (Å²) in [5, 5.41) is 4.90. The number of morpholine rings is 1. The lowest BCUT2D eigenvalue weighted by molar-refractivity contribution is -0.132. The van der Waals surface area contributed by atoms with Gasteiger partial charge in [-0.2, -0.15) is 0 Å². The second-order valence-electron chi connectivity index (χ2n) is 10.2. The zero-order chi connectivity index (χ0) is 28.4. The van der Waals surface area contributed by atoms with Crippen LogP contribution in [0.15, 0.2) is 89.1 Å². The SMILES string of the molecule is O=C1CC(c2ccc(N3CCOCC3)cc2)(c2csc(Cc3ccc(F)cc3)c2)NC(=O)C1Sc1ccccc1Cl. The monoisotopic (exact) mass is 606 g/mol. The summed E-state index contributed by atoms with van der Waals surface area (Å²) in [6.07, 6.45) is 0.744. The summed E-state index contributed by atoms with van der Waals surface area (Å²) in [6, 6.07) is 23.9. The number of ether oxygens (including phenoxy) is 1. The Labute approximate surface area is 251 Å². The molecule has 2 aliphatic rings. The van der Waals surface area contributed by atoms with E-state index in [4.69, 9.17) is 16.3 Å². The number of ketones is 1. The molecule has 3 heterocycles. The molecule has 2 saturated heterocycles. The number of rotatable bonds is 7. The van der Waals surface area contributed by atoms with Gasteiger partial charge >= 0.3 is 0 Å². The lowest BCUT2D eigenvalue weighted by atomic mass is 9.77. The Bertz CT molecular complexity index is 1530. The number of nitrogens with one attached hydrogen (secondary N) is 1. The van der Waals surface area contributed by atoms with Gasteiger partial charge in [0.25, 0.3) is 0 Å². The van der Waals surface area contributed by atoms with E-state index in [2.05, 4.69) is 28.4 Å². The van der Waals surface area contributed by atoms with Crippen molar-refractivity contribution in [2.24, 2.45) is 0 Å². The van der Waals surface area contributed by atoms with Crippen molar-refractivity contribution < 1.29 is 18.7 Å². The van der Waals surface area contributed by atoms with E-state index >= 15 is 0 Å². The van der Waals surface area contributed by atoms with Crippen LogP contribution >= 0.6 is 34.7 Å². The normalized spacial score (nSPS) is 21.1. The van der Waals surface area contributed by atoms with E-state index in [1.807, 2.05) is 35.7 Å². The molecule has 0 radical (unpaired) electrons. The van der Waals surface area contributed by atoms with Gasteiger partial charge in [0.15, 0.2) is 5.78 Å². The van der Waals surface area contributed by atoms with Crippen molar-refractivity contribution in [1.29, 1.82) is 0 Å². The number of thiophene rings is 1. The fraction of sp³-hybridized carbons (Fsp3) is 0.250. The molecule has 1 aromatic heterocycles. The minimum Gasteiger partial charge on any atom is -0.378 e. The summed E-state index contributed by atoms with van der Waals surface area (Å²) in [7, 11) is 0. The van der Waals surface area contributed by atoms with Crippen molar-refractivity contribution in [2.45, 2.75) is 28.5 Å². The predicted octanol–water partition coefficient (Wildman–Crippen LogP) is 6.46. The smallest absolute Gasteiger partial charge is 0.242 e. The maximum Gasteiger partial charge on any atom is 0.242 e. The lowest BCUT2D eigenvalue weighted by Gasteiger charge is -2.40. The van der Waals surface area contributed by atoms with E-state index in [1.165, 1.54) is 23.9 Å². The summed E-state index contributed by atoms with van der Waals surface area (Å²) < 4.78 is 18.9. The Morgan fingerprint density at radius 2 is 1.73 bits per heavy atom. The molecule has 4 aromatic rings. The number of Topliss-reactive ketones (excluding diaryl/α,β-unsaturated/α-hetero) is 1. The van der Waals surface area contributed by atoms with Gasteiger partial charge in [0.1, 0.15) is 11.1 Å². The molecule has 6 rings (SSSR count). The zero-order valence-electron chi connectivity index (χ0n) is 22.1. The largest absolute Gasteiger partial charge is 0.378 e. The first-order valence-corrected chi connectivity index (χ1v) is 15.6. The van der Waals surface area contributed by atoms with Crippen molar-refractivity contribution in [1.82, 2.24) is 5.32 Å². The Morgan fingerprint density at radius 1 is 1.00 bits per heavy atom. The number of amides is 1. The van der Waals surface area contributed by atoms with E-state index in [0.717, 1.165) is 40.3 Å². The maximum absolute atomic E-state index is 13.7. The predicted molar refractivity (Wildman–Crippen MR) is 163 cm³/mol. The number of nitrogens with zero attached hydrogens (tertiary/aromatic N) is 1. The average Bonchev–Trinajstić information content (AvgIpc) is 3.46. The van der Waals surface area contributed by atoms with Crippen molar-refractivity contribution in [3.8, 4) is 0 Å². The van der Waals surface area contributed by atoms with Crippen LogP contribution in [-0.4, -0.2) is 43.2 Å². The molecule has 0 aliphatic carbocycles. The molecule has 1 amide bonds. The van der Waals surface area contributed by atoms with Crippen LogP contribution in [0.3, 0.4) is 0 Å². The van der Waals surface area contributed by atoms with Gasteiger partial charge in [-0.1, -0.05) is 48.0 Å². The molecule has 2 aliphatic heterocycles. The van der Waals surface area contributed by atoms with Gasteiger partial charge in [-0.05, 0) is 64.5 Å². The molecule has 5 nitrogen and oxygen atoms in total. The molecule has 2 fully saturated rings. The van der Waals surface area contributed by atoms with Gasteiger partial charge in [-0.15, -0.1) is 23.1 Å². The van der Waals surface area contributed by atoms with Gasteiger partial charge in [-0.25, -0.2) is 4.39 Å². The van der Waals surface area contributed by atoms with E-state index in [1.54, 1.807) is 29.5 Å². The van der Waals surface area contributed by atoms with Gasteiger partial charge in [0.05, 0.1) is 23.8 Å². The van der Waals surface area contributed by atoms with Crippen molar-refractivity contribution in [2.75, 3.05) is 31.2 Å². The van der Waals surface area contributed by atoms with Gasteiger partial charge in [-0.3, -0.25) is 9.59 Å². The highest BCUT2D eigenvalue weighted by Crippen LogP contribution is 2.42. The van der Waals surface area contributed by atoms with Crippen LogP contribution in [0, 0.1) is 5.82 Å². The van der Waals surface area contributed by atoms with Crippen LogP contribution in [0.1, 0.15) is 28.0 Å². The molecular formula is C32H28ClFN2O3S2. The molecule has 9 heteroatoms. The number of benzene rings is 3. The van der Waals surface area contributed by atoms with Gasteiger partial charge in [0.2, 0.25) is 5.91 Å². The molecule has 41 heavy (non-hydrogen) atoms. The van der Waals surface area contributed by atoms with Gasteiger partial charge < -0.3 is 15.0 Å². The van der Waals surface area contributed by atoms with E-state index in [9.17, 15) is 14.0 Å². The second kappa shape index (κ2) is 12.0. The van der Waals surface area contributed by atoms with Crippen LogP contribution < -0.4 is 10.2 Å². The summed E-state index contributed by atoms with van der Waals surface area (Å²) in [4.78, 5) is 31.5. The standard InChI is InChI=1S/C32H28ClFN2O3S2/c33-27-3-1-2-4-29(27)41-30-28(37)19-32(35-31(30)38,22-7-11-25(12-8-22)36-13-15-39-16-14-36)23-18-26(40-20-23)17-21-5-9-24(34)10-6-21/h1-12,18,20,30H,13-17,19H2,(H,35,38). The van der Waals surface area contributed by atoms with Crippen LogP contribution in [0.25, 0.3) is 0 Å². The quantitative estimate of drug-likeness (QED) is 0.245. The van der Waals surface area contributed by atoms with Crippen LogP contribution in [0.4, 0.5) is 10.1 Å². The highest BCUT2D eigenvalue weighted by molar-refractivity contribution is 8.01. The zero-order valence-corrected chi connectivity index (χ0v) is 24.5. The third kappa shape index (κ3) is 5.93. The Balaban J connectivity index is 1.33. The highest BCUT2D eigenvalue weighted by Gasteiger charge is 2.48. The van der Waals surface area contributed by atoms with Crippen molar-refractivity contribution >= 4 is 52.1 Å². The Morgan fingerprint density at radius 3 is 2.44 bits per heavy atom. The van der Waals surface area contributed by atoms with E-state index in [-0.39, 0.29) is 23.9 Å². The molecule has 0 bridgehead atoms. The number of halogens is 2. The molecule has 3 aromatic carbocycles.